The van der Waals surface area contributed by atoms with Gasteiger partial charge in [0, 0.05) is 7.05 Å². The molecule has 0 aliphatic carbocycles. The number of rotatable bonds is 1. The quantitative estimate of drug-likeness (QED) is 0.662. The van der Waals surface area contributed by atoms with Crippen molar-refractivity contribution in [2.75, 3.05) is 7.05 Å². The number of hydrogen-bond donors (Lipinski definition) is 2. The fourth-order valence-electron chi connectivity index (χ4n) is 1.23. The van der Waals surface area contributed by atoms with Gasteiger partial charge in [0.05, 0.1) is 10.6 Å². The smallest absolute Gasteiger partial charge is 0.254 e. The largest absolute Gasteiger partial charge is 0.340 e. The van der Waals surface area contributed by atoms with Crippen molar-refractivity contribution in [3.63, 3.8) is 0 Å². The molecule has 2 rings (SSSR count). The van der Waals surface area contributed by atoms with Crippen LogP contribution in [0.5, 0.6) is 0 Å². The van der Waals surface area contributed by atoms with E-state index >= 15 is 0 Å². The number of nitrogens with zero attached hydrogens (tertiary/aromatic N) is 3. The van der Waals surface area contributed by atoms with E-state index in [4.69, 9.17) is 0 Å². The molecule has 0 saturated carbocycles. The molecule has 74 valence electrons. The molecule has 0 radical (unpaired) electrons. The van der Waals surface area contributed by atoms with Crippen LogP contribution in [0, 0.1) is 6.92 Å². The van der Waals surface area contributed by atoms with Crippen molar-refractivity contribution < 1.29 is 4.79 Å². The highest BCUT2D eigenvalue weighted by molar-refractivity contribution is 7.05. The first-order valence-corrected chi connectivity index (χ1v) is 4.82. The summed E-state index contributed by atoms with van der Waals surface area (Å²) in [5, 5.41) is 9.43. The summed E-state index contributed by atoms with van der Waals surface area (Å²) in [6.45, 7) is 1.83. The molecular formula is C7H9N5OS. The van der Waals surface area contributed by atoms with Gasteiger partial charge in [-0.2, -0.15) is 0 Å². The fourth-order valence-corrected chi connectivity index (χ4v) is 1.93. The number of hydrogen-bond acceptors (Lipinski definition) is 5. The Kier molecular flexibility index (Phi) is 2.16. The zero-order chi connectivity index (χ0) is 10.1. The Morgan fingerprint density at radius 3 is 2.86 bits per heavy atom. The molecule has 2 heterocycles. The highest BCUT2D eigenvalue weighted by atomic mass is 32.1. The highest BCUT2D eigenvalue weighted by Crippen LogP contribution is 2.21. The maximum absolute atomic E-state index is 11.5. The second-order valence-corrected chi connectivity index (χ2v) is 3.65. The van der Waals surface area contributed by atoms with Crippen LogP contribution in [0.15, 0.2) is 4.99 Å². The molecule has 1 amide bonds. The summed E-state index contributed by atoms with van der Waals surface area (Å²) < 4.78 is 3.78. The van der Waals surface area contributed by atoms with E-state index in [1.165, 1.54) is 11.5 Å². The average Bonchev–Trinajstić information content (AvgIpc) is 2.72. The lowest BCUT2D eigenvalue weighted by molar-refractivity contribution is -0.120. The van der Waals surface area contributed by atoms with Crippen LogP contribution in [0.2, 0.25) is 0 Å². The third kappa shape index (κ3) is 1.35. The van der Waals surface area contributed by atoms with Gasteiger partial charge in [-0.1, -0.05) is 4.49 Å². The third-order valence-corrected chi connectivity index (χ3v) is 2.85. The lowest BCUT2D eigenvalue weighted by Crippen LogP contribution is -2.24. The molecule has 7 heteroatoms. The number of aliphatic imine (C=N–C) groups is 1. The van der Waals surface area contributed by atoms with Crippen LogP contribution in [0.4, 0.5) is 0 Å². The zero-order valence-electron chi connectivity index (χ0n) is 7.74. The van der Waals surface area contributed by atoms with Gasteiger partial charge < -0.3 is 5.32 Å². The maximum atomic E-state index is 11.5. The van der Waals surface area contributed by atoms with Crippen molar-refractivity contribution in [1.29, 1.82) is 0 Å². The molecule has 1 aromatic rings. The van der Waals surface area contributed by atoms with Gasteiger partial charge in [0.2, 0.25) is 0 Å². The summed E-state index contributed by atoms with van der Waals surface area (Å²) in [5.41, 5.74) is 0.778. The van der Waals surface area contributed by atoms with E-state index in [-0.39, 0.29) is 5.91 Å². The molecule has 1 aromatic heterocycles. The highest BCUT2D eigenvalue weighted by Gasteiger charge is 2.32. The first kappa shape index (κ1) is 9.07. The molecule has 1 fully saturated rings. The molecule has 6 nitrogen and oxygen atoms in total. The number of nitrogens with one attached hydrogen (secondary N) is 2. The first-order chi connectivity index (χ1) is 6.72. The van der Waals surface area contributed by atoms with E-state index in [0.29, 0.717) is 5.96 Å². The molecule has 1 aliphatic rings. The number of carbonyl (C=O) groups excluding carboxylic acids is 1. The number of aromatic nitrogens is 2. The summed E-state index contributed by atoms with van der Waals surface area (Å²) in [6.07, 6.45) is 0. The summed E-state index contributed by atoms with van der Waals surface area (Å²) in [7, 11) is 1.61. The van der Waals surface area contributed by atoms with Crippen LogP contribution < -0.4 is 10.6 Å². The standard InChI is InChI=1S/C7H9N5OS/c1-3-5(14-12-11-3)4-6(13)10-7(8-2)9-4/h4H,1-2H3,(H2,8,9,10,13). The first-order valence-electron chi connectivity index (χ1n) is 4.05. The molecule has 1 unspecified atom stereocenters. The van der Waals surface area contributed by atoms with Gasteiger partial charge in [0.15, 0.2) is 5.96 Å². The van der Waals surface area contributed by atoms with E-state index in [1.807, 2.05) is 6.92 Å². The van der Waals surface area contributed by atoms with Crippen molar-refractivity contribution in [3.8, 4) is 0 Å². The Morgan fingerprint density at radius 1 is 1.57 bits per heavy atom. The van der Waals surface area contributed by atoms with Gasteiger partial charge in [-0.05, 0) is 18.5 Å². The van der Waals surface area contributed by atoms with Crippen LogP contribution in [0.1, 0.15) is 16.6 Å². The summed E-state index contributed by atoms with van der Waals surface area (Å²) >= 11 is 1.22. The van der Waals surface area contributed by atoms with Gasteiger partial charge in [0.1, 0.15) is 6.04 Å². The molecular weight excluding hydrogens is 202 g/mol. The maximum Gasteiger partial charge on any atom is 0.254 e. The van der Waals surface area contributed by atoms with Crippen molar-refractivity contribution in [1.82, 2.24) is 20.2 Å². The van der Waals surface area contributed by atoms with Crippen LogP contribution in [0.3, 0.4) is 0 Å². The van der Waals surface area contributed by atoms with E-state index < -0.39 is 6.04 Å². The number of amides is 1. The number of aryl methyl sites for hydroxylation is 1. The van der Waals surface area contributed by atoms with Crippen molar-refractivity contribution >= 4 is 23.4 Å². The second kappa shape index (κ2) is 3.33. The SMILES string of the molecule is CN=C1NC(=O)C(c2snnc2C)N1. The van der Waals surface area contributed by atoms with E-state index in [9.17, 15) is 4.79 Å². The predicted octanol–water partition coefficient (Wildman–Crippen LogP) is -0.407. The van der Waals surface area contributed by atoms with Gasteiger partial charge >= 0.3 is 0 Å². The van der Waals surface area contributed by atoms with Crippen LogP contribution in [-0.2, 0) is 4.79 Å². The van der Waals surface area contributed by atoms with Gasteiger partial charge in [0.25, 0.3) is 5.91 Å². The molecule has 14 heavy (non-hydrogen) atoms. The average molecular weight is 211 g/mol. The van der Waals surface area contributed by atoms with Crippen LogP contribution in [0.25, 0.3) is 0 Å². The normalized spacial score (nSPS) is 23.7. The van der Waals surface area contributed by atoms with Crippen molar-refractivity contribution in [2.45, 2.75) is 13.0 Å². The van der Waals surface area contributed by atoms with E-state index in [0.717, 1.165) is 10.6 Å². The molecule has 2 N–H and O–H groups in total. The van der Waals surface area contributed by atoms with Crippen molar-refractivity contribution in [3.05, 3.63) is 10.6 Å². The van der Waals surface area contributed by atoms with Crippen LogP contribution >= 0.6 is 11.5 Å². The lowest BCUT2D eigenvalue weighted by atomic mass is 10.2. The molecule has 0 spiro atoms. The minimum Gasteiger partial charge on any atom is -0.340 e. The Morgan fingerprint density at radius 2 is 2.36 bits per heavy atom. The molecule has 0 aromatic carbocycles. The summed E-state index contributed by atoms with van der Waals surface area (Å²) in [6, 6.07) is -0.395. The molecule has 0 bridgehead atoms. The molecule has 1 atom stereocenters. The molecule has 1 saturated heterocycles. The Bertz CT molecular complexity index is 399. The lowest BCUT2D eigenvalue weighted by Gasteiger charge is -2.03. The fraction of sp³-hybridized carbons (Fsp3) is 0.429. The van der Waals surface area contributed by atoms with E-state index in [1.54, 1.807) is 7.05 Å². The Hall–Kier alpha value is -1.50. The monoisotopic (exact) mass is 211 g/mol. The topological polar surface area (TPSA) is 79.3 Å². The van der Waals surface area contributed by atoms with Gasteiger partial charge in [-0.25, -0.2) is 0 Å². The van der Waals surface area contributed by atoms with E-state index in [2.05, 4.69) is 25.2 Å². The zero-order valence-corrected chi connectivity index (χ0v) is 8.55. The number of carbonyl (C=O) groups is 1. The van der Waals surface area contributed by atoms with Gasteiger partial charge in [-0.15, -0.1) is 5.10 Å². The third-order valence-electron chi connectivity index (χ3n) is 1.96. The Labute approximate surface area is 84.6 Å². The predicted molar refractivity (Wildman–Crippen MR) is 52.0 cm³/mol. The van der Waals surface area contributed by atoms with Gasteiger partial charge in [-0.3, -0.25) is 15.1 Å². The second-order valence-electron chi connectivity index (χ2n) is 2.86. The minimum atomic E-state index is -0.395. The van der Waals surface area contributed by atoms with Crippen molar-refractivity contribution in [2.24, 2.45) is 4.99 Å². The summed E-state index contributed by atoms with van der Waals surface area (Å²) in [5.74, 6) is 0.382. The summed E-state index contributed by atoms with van der Waals surface area (Å²) in [4.78, 5) is 16.2. The minimum absolute atomic E-state index is 0.111. The molecule has 1 aliphatic heterocycles. The number of guanidine groups is 1. The Balaban J connectivity index is 2.29. The van der Waals surface area contributed by atoms with Crippen LogP contribution in [-0.4, -0.2) is 28.5 Å².